The molecule has 2 saturated carbocycles. The number of carbonyl (C=O) groups excluding carboxylic acids is 2. The van der Waals surface area contributed by atoms with Crippen molar-refractivity contribution in [1.29, 1.82) is 0 Å². The largest absolute Gasteiger partial charge is 0.365 e. The highest BCUT2D eigenvalue weighted by atomic mass is 19.1. The van der Waals surface area contributed by atoms with Crippen LogP contribution >= 0.6 is 0 Å². The predicted molar refractivity (Wildman–Crippen MR) is 99.6 cm³/mol. The van der Waals surface area contributed by atoms with Crippen molar-refractivity contribution in [2.24, 2.45) is 11.8 Å². The molecule has 28 heavy (non-hydrogen) atoms. The zero-order chi connectivity index (χ0) is 19.9. The number of amides is 2. The number of anilines is 2. The molecule has 10 heteroatoms. The first kappa shape index (κ1) is 20.2. The SMILES string of the molecule is O=CN(O)C[C@H](CC1CCCCC1)C(=O)NNc1ncc(F)c(NC2CC2)n1. The van der Waals surface area contributed by atoms with E-state index in [1.165, 1.54) is 6.42 Å². The minimum Gasteiger partial charge on any atom is -0.365 e. The summed E-state index contributed by atoms with van der Waals surface area (Å²) in [7, 11) is 0. The molecule has 154 valence electrons. The van der Waals surface area contributed by atoms with Gasteiger partial charge in [0.05, 0.1) is 18.7 Å². The van der Waals surface area contributed by atoms with Crippen molar-refractivity contribution >= 4 is 24.1 Å². The van der Waals surface area contributed by atoms with Gasteiger partial charge >= 0.3 is 0 Å². The number of carbonyl (C=O) groups is 2. The fourth-order valence-corrected chi connectivity index (χ4v) is 3.53. The Labute approximate surface area is 163 Å². The first-order chi connectivity index (χ1) is 13.5. The van der Waals surface area contributed by atoms with Crippen LogP contribution in [0.5, 0.6) is 0 Å². The zero-order valence-corrected chi connectivity index (χ0v) is 15.7. The van der Waals surface area contributed by atoms with Crippen LogP contribution in [0.4, 0.5) is 16.2 Å². The molecule has 2 aliphatic rings. The molecule has 0 aliphatic heterocycles. The van der Waals surface area contributed by atoms with Gasteiger partial charge in [0.1, 0.15) is 0 Å². The van der Waals surface area contributed by atoms with E-state index in [1.807, 2.05) is 0 Å². The number of hydrogen-bond donors (Lipinski definition) is 4. The van der Waals surface area contributed by atoms with Crippen LogP contribution in [0, 0.1) is 17.7 Å². The maximum atomic E-state index is 13.8. The first-order valence-corrected chi connectivity index (χ1v) is 9.81. The zero-order valence-electron chi connectivity index (χ0n) is 15.7. The Morgan fingerprint density at radius 3 is 2.75 bits per heavy atom. The third-order valence-corrected chi connectivity index (χ3v) is 5.20. The van der Waals surface area contributed by atoms with Gasteiger partial charge < -0.3 is 5.32 Å². The molecule has 9 nitrogen and oxygen atoms in total. The van der Waals surface area contributed by atoms with Crippen molar-refractivity contribution in [1.82, 2.24) is 20.5 Å². The molecule has 1 aromatic rings. The van der Waals surface area contributed by atoms with Crippen LogP contribution in [-0.4, -0.2) is 45.1 Å². The Balaban J connectivity index is 1.57. The monoisotopic (exact) mass is 394 g/mol. The second kappa shape index (κ2) is 9.63. The van der Waals surface area contributed by atoms with E-state index in [0.29, 0.717) is 17.4 Å². The number of hydrazine groups is 1. The summed E-state index contributed by atoms with van der Waals surface area (Å²) in [6, 6.07) is 0.227. The van der Waals surface area contributed by atoms with Gasteiger partial charge in [-0.05, 0) is 25.2 Å². The van der Waals surface area contributed by atoms with Gasteiger partial charge in [0, 0.05) is 6.04 Å². The first-order valence-electron chi connectivity index (χ1n) is 9.81. The highest BCUT2D eigenvalue weighted by molar-refractivity contribution is 5.80. The summed E-state index contributed by atoms with van der Waals surface area (Å²) in [6.45, 7) is -0.0910. The van der Waals surface area contributed by atoms with Crippen LogP contribution < -0.4 is 16.2 Å². The summed E-state index contributed by atoms with van der Waals surface area (Å²) >= 11 is 0. The topological polar surface area (TPSA) is 119 Å². The fraction of sp³-hybridized carbons (Fsp3) is 0.667. The van der Waals surface area contributed by atoms with Crippen molar-refractivity contribution in [3.05, 3.63) is 12.0 Å². The van der Waals surface area contributed by atoms with Gasteiger partial charge in [-0.1, -0.05) is 32.1 Å². The molecule has 0 spiro atoms. The molecule has 0 radical (unpaired) electrons. The summed E-state index contributed by atoms with van der Waals surface area (Å²) in [5.41, 5.74) is 5.11. The molecule has 0 unspecified atom stereocenters. The van der Waals surface area contributed by atoms with Crippen LogP contribution in [0.25, 0.3) is 0 Å². The molecule has 1 aromatic heterocycles. The van der Waals surface area contributed by atoms with E-state index in [9.17, 15) is 19.2 Å². The Morgan fingerprint density at radius 2 is 2.07 bits per heavy atom. The van der Waals surface area contributed by atoms with Gasteiger partial charge in [-0.15, -0.1) is 0 Å². The van der Waals surface area contributed by atoms with E-state index >= 15 is 0 Å². The highest BCUT2D eigenvalue weighted by Gasteiger charge is 2.27. The molecule has 2 amide bonds. The van der Waals surface area contributed by atoms with Gasteiger partial charge in [0.15, 0.2) is 11.6 Å². The van der Waals surface area contributed by atoms with Gasteiger partial charge in [0.25, 0.3) is 0 Å². The van der Waals surface area contributed by atoms with E-state index in [1.54, 1.807) is 0 Å². The number of halogens is 1. The third-order valence-electron chi connectivity index (χ3n) is 5.20. The molecule has 3 rings (SSSR count). The maximum Gasteiger partial charge on any atom is 0.243 e. The van der Waals surface area contributed by atoms with E-state index < -0.39 is 11.7 Å². The van der Waals surface area contributed by atoms with Gasteiger partial charge in [-0.25, -0.2) is 14.4 Å². The summed E-state index contributed by atoms with van der Waals surface area (Å²) in [4.78, 5) is 31.2. The standard InChI is InChI=1S/C18H27FN6O3/c19-15-9-20-18(22-16(15)21-14-6-7-14)24-23-17(27)13(10-25(28)11-26)8-12-4-2-1-3-5-12/h9,11-14,28H,1-8,10H2,(H,23,27)(H2,20,21,22,24)/t13-/m0/s1. The van der Waals surface area contributed by atoms with E-state index in [0.717, 1.165) is 44.7 Å². The average Bonchev–Trinajstić information content (AvgIpc) is 3.52. The molecule has 4 N–H and O–H groups in total. The van der Waals surface area contributed by atoms with Crippen LogP contribution in [0.2, 0.25) is 0 Å². The van der Waals surface area contributed by atoms with Crippen LogP contribution in [0.15, 0.2) is 6.20 Å². The number of rotatable bonds is 10. The summed E-state index contributed by atoms with van der Waals surface area (Å²) in [5, 5.41) is 13.0. The smallest absolute Gasteiger partial charge is 0.243 e. The van der Waals surface area contributed by atoms with Gasteiger partial charge in [-0.2, -0.15) is 4.98 Å². The third kappa shape index (κ3) is 6.01. The van der Waals surface area contributed by atoms with Crippen molar-refractivity contribution in [2.45, 2.75) is 57.4 Å². The lowest BCUT2D eigenvalue weighted by Gasteiger charge is -2.27. The molecule has 0 aromatic carbocycles. The molecule has 0 saturated heterocycles. The van der Waals surface area contributed by atoms with Crippen molar-refractivity contribution in [3.63, 3.8) is 0 Å². The molecule has 2 fully saturated rings. The Kier molecular flexibility index (Phi) is 6.96. The van der Waals surface area contributed by atoms with Gasteiger partial charge in [-0.3, -0.25) is 25.6 Å². The minimum absolute atomic E-state index is 0.0607. The van der Waals surface area contributed by atoms with Crippen LogP contribution in [-0.2, 0) is 9.59 Å². The Morgan fingerprint density at radius 1 is 1.32 bits per heavy atom. The Bertz CT molecular complexity index is 681. The highest BCUT2D eigenvalue weighted by Crippen LogP contribution is 2.29. The fourth-order valence-electron chi connectivity index (χ4n) is 3.53. The molecular formula is C18H27FN6O3. The summed E-state index contributed by atoms with van der Waals surface area (Å²) < 4.78 is 13.8. The number of hydrogen-bond acceptors (Lipinski definition) is 7. The predicted octanol–water partition coefficient (Wildman–Crippen LogP) is 2.07. The maximum absolute atomic E-state index is 13.8. The second-order valence-corrected chi connectivity index (χ2v) is 7.59. The lowest BCUT2D eigenvalue weighted by molar-refractivity contribution is -0.155. The molecule has 0 bridgehead atoms. The van der Waals surface area contributed by atoms with E-state index in [-0.39, 0.29) is 36.7 Å². The normalized spacial score (nSPS) is 18.2. The van der Waals surface area contributed by atoms with Gasteiger partial charge in [0.2, 0.25) is 18.3 Å². The van der Waals surface area contributed by atoms with Crippen molar-refractivity contribution in [2.75, 3.05) is 17.3 Å². The quantitative estimate of drug-likeness (QED) is 0.272. The lowest BCUT2D eigenvalue weighted by Crippen LogP contribution is -2.41. The van der Waals surface area contributed by atoms with Crippen molar-refractivity contribution in [3.8, 4) is 0 Å². The van der Waals surface area contributed by atoms with E-state index in [2.05, 4.69) is 26.1 Å². The Hall–Kier alpha value is -2.49. The van der Waals surface area contributed by atoms with Crippen LogP contribution in [0.1, 0.15) is 51.4 Å². The molecule has 1 heterocycles. The summed E-state index contributed by atoms with van der Waals surface area (Å²) in [6.07, 6.45) is 9.40. The van der Waals surface area contributed by atoms with E-state index in [4.69, 9.17) is 0 Å². The number of aromatic nitrogens is 2. The molecular weight excluding hydrogens is 367 g/mol. The minimum atomic E-state index is -0.574. The molecule has 1 atom stereocenters. The lowest BCUT2D eigenvalue weighted by atomic mass is 9.82. The summed E-state index contributed by atoms with van der Waals surface area (Å²) in [5.74, 6) is -0.964. The van der Waals surface area contributed by atoms with Crippen molar-refractivity contribution < 1.29 is 19.2 Å². The number of nitrogens with zero attached hydrogens (tertiary/aromatic N) is 3. The average molecular weight is 394 g/mol. The second-order valence-electron chi connectivity index (χ2n) is 7.59. The number of nitrogens with one attached hydrogen (secondary N) is 3. The van der Waals surface area contributed by atoms with Crippen LogP contribution in [0.3, 0.4) is 0 Å². The molecule has 2 aliphatic carbocycles. The number of hydroxylamine groups is 2.